The quantitative estimate of drug-likeness (QED) is 0.264. The first kappa shape index (κ1) is 21.3. The molecular formula is C18H20BF4NO2. The highest BCUT2D eigenvalue weighted by atomic mass is 19.5. The lowest BCUT2D eigenvalue weighted by Gasteiger charge is -1.98. The summed E-state index contributed by atoms with van der Waals surface area (Å²) in [6, 6.07) is 19.7. The van der Waals surface area contributed by atoms with Gasteiger partial charge in [-0.1, -0.05) is 36.4 Å². The third kappa shape index (κ3) is 8.94. The molecule has 0 aliphatic heterocycles. The van der Waals surface area contributed by atoms with E-state index in [-0.39, 0.29) is 0 Å². The van der Waals surface area contributed by atoms with E-state index in [0.29, 0.717) is 25.0 Å². The van der Waals surface area contributed by atoms with Gasteiger partial charge >= 0.3 is 19.0 Å². The van der Waals surface area contributed by atoms with E-state index in [1.807, 2.05) is 74.5 Å². The smallest absolute Gasteiger partial charge is 0.432 e. The van der Waals surface area contributed by atoms with Crippen LogP contribution in [-0.2, 0) is 9.47 Å². The Morgan fingerprint density at radius 3 is 1.31 bits per heavy atom. The molecule has 0 bridgehead atoms. The summed E-state index contributed by atoms with van der Waals surface area (Å²) in [6.07, 6.45) is 0. The predicted molar refractivity (Wildman–Crippen MR) is 96.7 cm³/mol. The van der Waals surface area contributed by atoms with Gasteiger partial charge in [-0.05, 0) is 38.1 Å². The molecule has 0 aliphatic rings. The molecule has 0 amide bonds. The zero-order chi connectivity index (χ0) is 19.4. The second-order valence-electron chi connectivity index (χ2n) is 4.82. The molecule has 0 atom stereocenters. The van der Waals surface area contributed by atoms with Gasteiger partial charge in [0.25, 0.3) is 0 Å². The van der Waals surface area contributed by atoms with Gasteiger partial charge in [0.15, 0.2) is 0 Å². The van der Waals surface area contributed by atoms with Crippen molar-refractivity contribution in [2.75, 3.05) is 13.2 Å². The molecule has 2 aromatic rings. The molecule has 2 aromatic carbocycles. The Kier molecular flexibility index (Phi) is 9.02. The van der Waals surface area contributed by atoms with Gasteiger partial charge in [-0.2, -0.15) is 0 Å². The maximum atomic E-state index is 9.75. The minimum atomic E-state index is -6.00. The second kappa shape index (κ2) is 11.0. The Bertz CT molecular complexity index is 655. The fourth-order valence-electron chi connectivity index (χ4n) is 1.89. The Labute approximate surface area is 150 Å². The topological polar surface area (TPSA) is 32.6 Å². The standard InChI is InChI=1S/C18H20NO2.BF4/c1-3-20-17(15-11-7-5-8-12-15)19-18(21-4-2)16-13-9-6-10-14-16;2-1(3,4)5/h5-14H,3-4H2,1-2H3;/q+1;-1. The average Bonchev–Trinajstić information content (AvgIpc) is 2.61. The van der Waals surface area contributed by atoms with Gasteiger partial charge in [0, 0.05) is 4.67 Å². The van der Waals surface area contributed by atoms with Gasteiger partial charge in [-0.15, -0.1) is 0 Å². The first-order valence-electron chi connectivity index (χ1n) is 8.04. The highest BCUT2D eigenvalue weighted by molar-refractivity contribution is 6.50. The first-order valence-corrected chi connectivity index (χ1v) is 8.04. The average molecular weight is 369 g/mol. The van der Waals surface area contributed by atoms with Crippen LogP contribution < -0.4 is 4.67 Å². The molecule has 0 N–H and O–H groups in total. The van der Waals surface area contributed by atoms with Crippen molar-refractivity contribution in [3.63, 3.8) is 0 Å². The molecule has 3 nitrogen and oxygen atoms in total. The van der Waals surface area contributed by atoms with Crippen LogP contribution >= 0.6 is 0 Å². The highest BCUT2D eigenvalue weighted by Gasteiger charge is 2.21. The van der Waals surface area contributed by atoms with Crippen molar-refractivity contribution in [1.82, 2.24) is 4.67 Å². The third-order valence-corrected chi connectivity index (χ3v) is 2.81. The largest absolute Gasteiger partial charge is 0.673 e. The second-order valence-corrected chi connectivity index (χ2v) is 4.82. The molecule has 0 heterocycles. The highest BCUT2D eigenvalue weighted by Crippen LogP contribution is 2.06. The Morgan fingerprint density at radius 2 is 1.04 bits per heavy atom. The van der Waals surface area contributed by atoms with Crippen LogP contribution in [0.2, 0.25) is 0 Å². The molecular weight excluding hydrogens is 349 g/mol. The van der Waals surface area contributed by atoms with Gasteiger partial charge in [0.1, 0.15) is 11.1 Å². The van der Waals surface area contributed by atoms with E-state index < -0.39 is 7.25 Å². The third-order valence-electron chi connectivity index (χ3n) is 2.81. The zero-order valence-corrected chi connectivity index (χ0v) is 14.5. The number of nitrogens with zero attached hydrogens (tertiary/aromatic N) is 1. The van der Waals surface area contributed by atoms with E-state index in [2.05, 4.69) is 4.67 Å². The molecule has 140 valence electrons. The number of hydrogen-bond donors (Lipinski definition) is 0. The Hall–Kier alpha value is -2.73. The van der Waals surface area contributed by atoms with Crippen LogP contribution in [-0.4, -0.2) is 32.3 Å². The van der Waals surface area contributed by atoms with E-state index in [1.54, 1.807) is 0 Å². The Balaban J connectivity index is 0.000000597. The van der Waals surface area contributed by atoms with Crippen molar-refractivity contribution in [2.24, 2.45) is 0 Å². The summed E-state index contributed by atoms with van der Waals surface area (Å²) < 4.78 is 54.9. The molecule has 8 heteroatoms. The summed E-state index contributed by atoms with van der Waals surface area (Å²) >= 11 is 0. The summed E-state index contributed by atoms with van der Waals surface area (Å²) in [5.74, 6) is 1.15. The number of ether oxygens (including phenoxy) is 2. The fourth-order valence-corrected chi connectivity index (χ4v) is 1.89. The van der Waals surface area contributed by atoms with E-state index >= 15 is 0 Å². The minimum Gasteiger partial charge on any atom is -0.432 e. The van der Waals surface area contributed by atoms with Crippen LogP contribution in [0, 0.1) is 0 Å². The summed E-state index contributed by atoms with van der Waals surface area (Å²) in [5, 5.41) is 0. The lowest BCUT2D eigenvalue weighted by atomic mass is 10.2. The Morgan fingerprint density at radius 1 is 0.731 bits per heavy atom. The minimum absolute atomic E-state index is 0.557. The maximum absolute atomic E-state index is 9.75. The summed E-state index contributed by atoms with van der Waals surface area (Å²) in [4.78, 5) is 0. The molecule has 0 spiro atoms. The monoisotopic (exact) mass is 369 g/mol. The van der Waals surface area contributed by atoms with E-state index in [0.717, 1.165) is 11.1 Å². The van der Waals surface area contributed by atoms with Gasteiger partial charge in [-0.3, -0.25) is 0 Å². The van der Waals surface area contributed by atoms with E-state index in [1.165, 1.54) is 0 Å². The number of hydrogen-bond acceptors (Lipinski definition) is 2. The van der Waals surface area contributed by atoms with E-state index in [9.17, 15) is 17.3 Å². The first-order chi connectivity index (χ1) is 12.3. The van der Waals surface area contributed by atoms with Gasteiger partial charge < -0.3 is 26.7 Å². The van der Waals surface area contributed by atoms with Crippen LogP contribution in [0.15, 0.2) is 60.7 Å². The van der Waals surface area contributed by atoms with Crippen molar-refractivity contribution < 1.29 is 26.7 Å². The van der Waals surface area contributed by atoms with Crippen LogP contribution in [0.4, 0.5) is 17.3 Å². The molecule has 26 heavy (non-hydrogen) atoms. The molecule has 0 aliphatic carbocycles. The van der Waals surface area contributed by atoms with Crippen molar-refractivity contribution >= 4 is 19.0 Å². The number of halogens is 4. The normalized spacial score (nSPS) is 10.1. The van der Waals surface area contributed by atoms with Crippen molar-refractivity contribution in [2.45, 2.75) is 13.8 Å². The van der Waals surface area contributed by atoms with Crippen molar-refractivity contribution in [1.29, 1.82) is 0 Å². The predicted octanol–water partition coefficient (Wildman–Crippen LogP) is 4.32. The number of rotatable bonds is 4. The molecule has 0 unspecified atom stereocenters. The maximum Gasteiger partial charge on any atom is 0.673 e. The van der Waals surface area contributed by atoms with Crippen molar-refractivity contribution in [3.8, 4) is 0 Å². The molecule has 0 radical (unpaired) electrons. The molecule has 0 saturated carbocycles. The number of benzene rings is 2. The van der Waals surface area contributed by atoms with Crippen LogP contribution in [0.1, 0.15) is 25.0 Å². The van der Waals surface area contributed by atoms with Gasteiger partial charge in [-0.25, -0.2) is 0 Å². The molecule has 2 rings (SSSR count). The van der Waals surface area contributed by atoms with Crippen molar-refractivity contribution in [3.05, 3.63) is 71.8 Å². The molecule has 0 aromatic heterocycles. The molecule has 0 saturated heterocycles. The lowest BCUT2D eigenvalue weighted by Crippen LogP contribution is -2.17. The zero-order valence-electron chi connectivity index (χ0n) is 14.5. The van der Waals surface area contributed by atoms with Gasteiger partial charge in [0.2, 0.25) is 0 Å². The summed E-state index contributed by atoms with van der Waals surface area (Å²) in [5.41, 5.74) is 1.87. The summed E-state index contributed by atoms with van der Waals surface area (Å²) in [6.45, 7) is 5.01. The lowest BCUT2D eigenvalue weighted by molar-refractivity contribution is 0.316. The molecule has 0 fully saturated rings. The van der Waals surface area contributed by atoms with Gasteiger partial charge in [0.05, 0.1) is 13.2 Å². The van der Waals surface area contributed by atoms with Crippen LogP contribution in [0.3, 0.4) is 0 Å². The van der Waals surface area contributed by atoms with E-state index in [4.69, 9.17) is 9.47 Å². The SMILES string of the molecule is CCOC(=[N+]=C(OCC)c1ccccc1)c1ccccc1.F[B-](F)(F)F. The summed E-state index contributed by atoms with van der Waals surface area (Å²) in [7, 11) is -6.00. The fraction of sp³-hybridized carbons (Fsp3) is 0.222. The van der Waals surface area contributed by atoms with Crippen LogP contribution in [0.25, 0.3) is 0 Å². The van der Waals surface area contributed by atoms with Crippen LogP contribution in [0.5, 0.6) is 0 Å².